The van der Waals surface area contributed by atoms with Gasteiger partial charge in [0.2, 0.25) is 0 Å². The fourth-order valence-electron chi connectivity index (χ4n) is 1.66. The molecule has 4 heteroatoms. The van der Waals surface area contributed by atoms with E-state index in [4.69, 9.17) is 14.2 Å². The molecule has 0 heterocycles. The standard InChI is InChI=1S/C15H22O4/c1-12-5-6-14(13(2)16)15(11-12)19-10-9-18-8-4-7-17-3/h5-6,11H,4,7-10H2,1-3H3. The lowest BCUT2D eigenvalue weighted by atomic mass is 10.1. The smallest absolute Gasteiger partial charge is 0.163 e. The molecule has 0 spiro atoms. The highest BCUT2D eigenvalue weighted by atomic mass is 16.5. The van der Waals surface area contributed by atoms with E-state index in [-0.39, 0.29) is 5.78 Å². The number of ether oxygens (including phenoxy) is 3. The van der Waals surface area contributed by atoms with Crippen molar-refractivity contribution in [2.75, 3.05) is 33.5 Å². The van der Waals surface area contributed by atoms with Gasteiger partial charge in [-0.05, 0) is 38.0 Å². The monoisotopic (exact) mass is 266 g/mol. The molecule has 0 N–H and O–H groups in total. The molecule has 0 saturated carbocycles. The number of ketones is 1. The van der Waals surface area contributed by atoms with Gasteiger partial charge >= 0.3 is 0 Å². The van der Waals surface area contributed by atoms with E-state index in [1.54, 1.807) is 20.1 Å². The van der Waals surface area contributed by atoms with Crippen molar-refractivity contribution in [3.63, 3.8) is 0 Å². The average Bonchev–Trinajstić information content (AvgIpc) is 2.37. The number of rotatable bonds is 9. The maximum absolute atomic E-state index is 11.5. The van der Waals surface area contributed by atoms with Crippen molar-refractivity contribution in [1.82, 2.24) is 0 Å². The quantitative estimate of drug-likeness (QED) is 0.509. The van der Waals surface area contributed by atoms with Crippen LogP contribution < -0.4 is 4.74 Å². The highest BCUT2D eigenvalue weighted by molar-refractivity contribution is 5.96. The minimum atomic E-state index is 0.0102. The van der Waals surface area contributed by atoms with Crippen LogP contribution >= 0.6 is 0 Å². The number of hydrogen-bond donors (Lipinski definition) is 0. The largest absolute Gasteiger partial charge is 0.490 e. The van der Waals surface area contributed by atoms with Crippen LogP contribution in [0.5, 0.6) is 5.75 Å². The van der Waals surface area contributed by atoms with Crippen LogP contribution in [-0.2, 0) is 9.47 Å². The van der Waals surface area contributed by atoms with Crippen LogP contribution in [-0.4, -0.2) is 39.3 Å². The zero-order valence-electron chi connectivity index (χ0n) is 11.9. The summed E-state index contributed by atoms with van der Waals surface area (Å²) in [6, 6.07) is 5.58. The highest BCUT2D eigenvalue weighted by Crippen LogP contribution is 2.20. The number of benzene rings is 1. The van der Waals surface area contributed by atoms with E-state index in [1.165, 1.54) is 0 Å². The molecule has 0 fully saturated rings. The fraction of sp³-hybridized carbons (Fsp3) is 0.533. The van der Waals surface area contributed by atoms with Crippen molar-refractivity contribution in [1.29, 1.82) is 0 Å². The van der Waals surface area contributed by atoms with E-state index in [0.717, 1.165) is 12.0 Å². The van der Waals surface area contributed by atoms with Crippen molar-refractivity contribution in [3.8, 4) is 5.75 Å². The number of Topliss-reactive ketones (excluding diaryl/α,β-unsaturated/α-hetero) is 1. The normalized spacial score (nSPS) is 10.5. The van der Waals surface area contributed by atoms with Gasteiger partial charge in [0.1, 0.15) is 12.4 Å². The first-order valence-electron chi connectivity index (χ1n) is 6.46. The number of carbonyl (C=O) groups is 1. The first-order valence-corrected chi connectivity index (χ1v) is 6.46. The van der Waals surface area contributed by atoms with Crippen molar-refractivity contribution in [2.45, 2.75) is 20.3 Å². The molecule has 0 unspecified atom stereocenters. The van der Waals surface area contributed by atoms with E-state index >= 15 is 0 Å². The molecule has 4 nitrogen and oxygen atoms in total. The van der Waals surface area contributed by atoms with Gasteiger partial charge in [-0.15, -0.1) is 0 Å². The average molecular weight is 266 g/mol. The molecule has 19 heavy (non-hydrogen) atoms. The Labute approximate surface area is 114 Å². The molecule has 0 aliphatic heterocycles. The molecule has 0 atom stereocenters. The van der Waals surface area contributed by atoms with Crippen LogP contribution in [0.1, 0.15) is 29.3 Å². The second-order valence-electron chi connectivity index (χ2n) is 4.36. The summed E-state index contributed by atoms with van der Waals surface area (Å²) < 4.78 is 15.9. The third kappa shape index (κ3) is 5.85. The summed E-state index contributed by atoms with van der Waals surface area (Å²) in [6.45, 7) is 5.82. The molecule has 0 bridgehead atoms. The zero-order valence-corrected chi connectivity index (χ0v) is 11.9. The number of carbonyl (C=O) groups excluding carboxylic acids is 1. The first-order chi connectivity index (χ1) is 9.15. The van der Waals surface area contributed by atoms with Gasteiger partial charge in [0.15, 0.2) is 5.78 Å². The Morgan fingerprint density at radius 3 is 2.63 bits per heavy atom. The summed E-state index contributed by atoms with van der Waals surface area (Å²) in [5.74, 6) is 0.643. The molecule has 106 valence electrons. The van der Waals surface area contributed by atoms with Crippen molar-refractivity contribution in [2.24, 2.45) is 0 Å². The minimum absolute atomic E-state index is 0.0102. The number of methoxy groups -OCH3 is 1. The predicted octanol–water partition coefficient (Wildman–Crippen LogP) is 2.63. The lowest BCUT2D eigenvalue weighted by Gasteiger charge is -2.11. The molecule has 1 aromatic rings. The van der Waals surface area contributed by atoms with Gasteiger partial charge in [0.05, 0.1) is 12.2 Å². The van der Waals surface area contributed by atoms with Crippen molar-refractivity contribution >= 4 is 5.78 Å². The van der Waals surface area contributed by atoms with Crippen molar-refractivity contribution in [3.05, 3.63) is 29.3 Å². The van der Waals surface area contributed by atoms with Crippen LogP contribution in [0.2, 0.25) is 0 Å². The maximum atomic E-state index is 11.5. The molecule has 1 rings (SSSR count). The van der Waals surface area contributed by atoms with E-state index in [2.05, 4.69) is 0 Å². The van der Waals surface area contributed by atoms with Gasteiger partial charge in [-0.1, -0.05) is 6.07 Å². The van der Waals surface area contributed by atoms with Gasteiger partial charge in [-0.3, -0.25) is 4.79 Å². The topological polar surface area (TPSA) is 44.8 Å². The Balaban J connectivity index is 2.36. The molecule has 0 amide bonds. The molecule has 0 radical (unpaired) electrons. The first kappa shape index (κ1) is 15.7. The third-order valence-corrected chi connectivity index (χ3v) is 2.64. The summed E-state index contributed by atoms with van der Waals surface area (Å²) in [4.78, 5) is 11.5. The van der Waals surface area contributed by atoms with Gasteiger partial charge in [-0.2, -0.15) is 0 Å². The van der Waals surface area contributed by atoms with E-state index in [0.29, 0.717) is 37.7 Å². The summed E-state index contributed by atoms with van der Waals surface area (Å²) in [6.07, 6.45) is 0.875. The molecule has 0 saturated heterocycles. The van der Waals surface area contributed by atoms with Crippen LogP contribution in [0.15, 0.2) is 18.2 Å². The van der Waals surface area contributed by atoms with E-state index in [1.807, 2.05) is 19.1 Å². The molecular weight excluding hydrogens is 244 g/mol. The zero-order chi connectivity index (χ0) is 14.1. The molecular formula is C15H22O4. The van der Waals surface area contributed by atoms with E-state index in [9.17, 15) is 4.79 Å². The number of aryl methyl sites for hydroxylation is 1. The molecule has 0 aromatic heterocycles. The second kappa shape index (κ2) is 8.67. The Hall–Kier alpha value is -1.39. The van der Waals surface area contributed by atoms with Crippen LogP contribution in [0.25, 0.3) is 0 Å². The van der Waals surface area contributed by atoms with Crippen LogP contribution in [0.4, 0.5) is 0 Å². The summed E-state index contributed by atoms with van der Waals surface area (Å²) in [5.41, 5.74) is 1.69. The van der Waals surface area contributed by atoms with Crippen molar-refractivity contribution < 1.29 is 19.0 Å². The highest BCUT2D eigenvalue weighted by Gasteiger charge is 2.08. The minimum Gasteiger partial charge on any atom is -0.490 e. The summed E-state index contributed by atoms with van der Waals surface area (Å²) in [5, 5.41) is 0. The second-order valence-corrected chi connectivity index (χ2v) is 4.36. The maximum Gasteiger partial charge on any atom is 0.163 e. The SMILES string of the molecule is COCCCOCCOc1cc(C)ccc1C(C)=O. The third-order valence-electron chi connectivity index (χ3n) is 2.64. The predicted molar refractivity (Wildman–Crippen MR) is 74.0 cm³/mol. The number of hydrogen-bond acceptors (Lipinski definition) is 4. The Kier molecular flexibility index (Phi) is 7.15. The molecule has 0 aliphatic carbocycles. The Morgan fingerprint density at radius 1 is 1.16 bits per heavy atom. The molecule has 0 aliphatic rings. The molecule has 1 aromatic carbocycles. The van der Waals surface area contributed by atoms with Gasteiger partial charge in [0.25, 0.3) is 0 Å². The summed E-state index contributed by atoms with van der Waals surface area (Å²) in [7, 11) is 1.67. The fourth-order valence-corrected chi connectivity index (χ4v) is 1.66. The van der Waals surface area contributed by atoms with E-state index < -0.39 is 0 Å². The summed E-state index contributed by atoms with van der Waals surface area (Å²) >= 11 is 0. The van der Waals surface area contributed by atoms with Crippen LogP contribution in [0, 0.1) is 6.92 Å². The van der Waals surface area contributed by atoms with Gasteiger partial charge < -0.3 is 14.2 Å². The Bertz CT molecular complexity index is 401. The van der Waals surface area contributed by atoms with Crippen LogP contribution in [0.3, 0.4) is 0 Å². The Morgan fingerprint density at radius 2 is 1.95 bits per heavy atom. The lowest BCUT2D eigenvalue weighted by Crippen LogP contribution is -2.10. The van der Waals surface area contributed by atoms with Gasteiger partial charge in [0, 0.05) is 20.3 Å². The lowest BCUT2D eigenvalue weighted by molar-refractivity contribution is 0.0799. The van der Waals surface area contributed by atoms with Gasteiger partial charge in [-0.25, -0.2) is 0 Å².